The van der Waals surface area contributed by atoms with Crippen molar-refractivity contribution in [3.05, 3.63) is 11.6 Å². The molecule has 22 heavy (non-hydrogen) atoms. The molecule has 0 atom stereocenters. The van der Waals surface area contributed by atoms with Crippen molar-refractivity contribution >= 4 is 15.2 Å². The van der Waals surface area contributed by atoms with E-state index in [2.05, 4.69) is 6.58 Å². The summed E-state index contributed by atoms with van der Waals surface area (Å²) in [5.74, 6) is 0. The quantitative estimate of drug-likeness (QED) is 0.380. The molecule has 0 bridgehead atoms. The maximum Gasteiger partial charge on any atom is 0.368 e. The van der Waals surface area contributed by atoms with E-state index in [0.29, 0.717) is 25.7 Å². The van der Waals surface area contributed by atoms with E-state index in [9.17, 15) is 9.13 Å². The van der Waals surface area contributed by atoms with E-state index in [0.717, 1.165) is 0 Å². The molecular weight excluding hydrogens is 326 g/mol. The lowest BCUT2D eigenvalue weighted by Crippen LogP contribution is -2.06. The molecule has 0 amide bonds. The van der Waals surface area contributed by atoms with Crippen LogP contribution in [0.3, 0.4) is 0 Å². The predicted molar refractivity (Wildman–Crippen MR) is 89.3 cm³/mol. The molecular formula is C14H30O6P2. The molecule has 0 radical (unpaired) electrons. The van der Waals surface area contributed by atoms with Gasteiger partial charge in [0.2, 0.25) is 0 Å². The number of hydrogen-bond donors (Lipinski definition) is 0. The highest BCUT2D eigenvalue weighted by Gasteiger charge is 2.43. The second-order valence-electron chi connectivity index (χ2n) is 4.74. The third-order valence-corrected chi connectivity index (χ3v) is 7.32. The third kappa shape index (κ3) is 7.08. The van der Waals surface area contributed by atoms with E-state index in [4.69, 9.17) is 18.1 Å². The first-order valence-corrected chi connectivity index (χ1v) is 11.0. The summed E-state index contributed by atoms with van der Waals surface area (Å²) in [6.07, 6.45) is 2.62. The van der Waals surface area contributed by atoms with Crippen molar-refractivity contribution in [1.29, 1.82) is 0 Å². The summed E-state index contributed by atoms with van der Waals surface area (Å²) in [4.78, 5) is 0. The zero-order valence-corrected chi connectivity index (χ0v) is 16.0. The zero-order valence-electron chi connectivity index (χ0n) is 14.2. The molecule has 0 rings (SSSR count). The molecule has 8 heteroatoms. The van der Waals surface area contributed by atoms with Gasteiger partial charge in [-0.25, -0.2) is 0 Å². The molecule has 0 N–H and O–H groups in total. The summed E-state index contributed by atoms with van der Waals surface area (Å²) in [7, 11) is -7.51. The monoisotopic (exact) mass is 356 g/mol. The van der Waals surface area contributed by atoms with Crippen molar-refractivity contribution in [3.8, 4) is 0 Å². The van der Waals surface area contributed by atoms with Crippen molar-refractivity contribution in [3.63, 3.8) is 0 Å². The van der Waals surface area contributed by atoms with Gasteiger partial charge in [0.15, 0.2) is 0 Å². The second kappa shape index (κ2) is 11.6. The van der Waals surface area contributed by atoms with Crippen molar-refractivity contribution < 1.29 is 27.2 Å². The molecule has 0 saturated carbocycles. The van der Waals surface area contributed by atoms with Gasteiger partial charge in [-0.15, -0.1) is 0 Å². The maximum absolute atomic E-state index is 12.9. The Labute approximate surface area is 134 Å². The Kier molecular flexibility index (Phi) is 11.6. The topological polar surface area (TPSA) is 71.1 Å². The van der Waals surface area contributed by atoms with Crippen LogP contribution in [0, 0.1) is 0 Å². The average molecular weight is 356 g/mol. The molecule has 0 heterocycles. The molecule has 0 spiro atoms. The van der Waals surface area contributed by atoms with Gasteiger partial charge in [0.25, 0.3) is 0 Å². The number of rotatable bonds is 14. The van der Waals surface area contributed by atoms with Crippen molar-refractivity contribution in [2.45, 2.75) is 53.4 Å². The second-order valence-corrected chi connectivity index (χ2v) is 9.20. The van der Waals surface area contributed by atoms with Crippen LogP contribution >= 0.6 is 15.2 Å². The molecule has 0 aromatic rings. The van der Waals surface area contributed by atoms with Gasteiger partial charge < -0.3 is 18.1 Å². The minimum Gasteiger partial charge on any atom is -0.305 e. The summed E-state index contributed by atoms with van der Waals surface area (Å²) in [6, 6.07) is 0. The predicted octanol–water partition coefficient (Wildman–Crippen LogP) is 5.55. The minimum atomic E-state index is -3.75. The van der Waals surface area contributed by atoms with Crippen LogP contribution in [0.4, 0.5) is 0 Å². The Morgan fingerprint density at radius 3 is 1.09 bits per heavy atom. The highest BCUT2D eigenvalue weighted by atomic mass is 31.2. The van der Waals surface area contributed by atoms with Gasteiger partial charge in [-0.2, -0.15) is 0 Å². The van der Waals surface area contributed by atoms with Crippen LogP contribution in [0.15, 0.2) is 11.6 Å². The highest BCUT2D eigenvalue weighted by Crippen LogP contribution is 2.73. The molecule has 132 valence electrons. The van der Waals surface area contributed by atoms with Crippen LogP contribution in [0.25, 0.3) is 0 Å². The van der Waals surface area contributed by atoms with E-state index < -0.39 is 15.2 Å². The van der Waals surface area contributed by atoms with Crippen LogP contribution in [0.5, 0.6) is 0 Å². The average Bonchev–Trinajstić information content (AvgIpc) is 2.53. The molecule has 0 aromatic carbocycles. The molecule has 6 nitrogen and oxygen atoms in total. The van der Waals surface area contributed by atoms with Crippen molar-refractivity contribution in [2.75, 3.05) is 26.4 Å². The van der Waals surface area contributed by atoms with Gasteiger partial charge in [0, 0.05) is 0 Å². The van der Waals surface area contributed by atoms with Crippen LogP contribution < -0.4 is 0 Å². The minimum absolute atomic E-state index is 0.205. The summed E-state index contributed by atoms with van der Waals surface area (Å²) in [6.45, 7) is 12.1. The van der Waals surface area contributed by atoms with Crippen LogP contribution in [-0.4, -0.2) is 26.4 Å². The fourth-order valence-corrected chi connectivity index (χ4v) is 5.70. The number of hydrogen-bond acceptors (Lipinski definition) is 6. The van der Waals surface area contributed by atoms with E-state index in [1.54, 1.807) is 0 Å². The molecule has 0 saturated heterocycles. The van der Waals surface area contributed by atoms with Gasteiger partial charge in [-0.1, -0.05) is 34.3 Å². The molecule has 0 unspecified atom stereocenters. The van der Waals surface area contributed by atoms with E-state index in [1.807, 2.05) is 27.7 Å². The summed E-state index contributed by atoms with van der Waals surface area (Å²) in [5, 5.41) is -0.205. The smallest absolute Gasteiger partial charge is 0.305 e. The lowest BCUT2D eigenvalue weighted by atomic mass is 10.5. The largest absolute Gasteiger partial charge is 0.368 e. The molecule has 0 aliphatic carbocycles. The standard InChI is InChI=1S/C14H30O6P2/c1-6-10-17-21(15,18-11-7-2)14(5)22(16,19-12-8-3)20-13-9-4/h5-13H2,1-4H3. The van der Waals surface area contributed by atoms with Crippen LogP contribution in [0.1, 0.15) is 53.4 Å². The molecule has 0 aromatic heterocycles. The zero-order chi connectivity index (χ0) is 17.1. The summed E-state index contributed by atoms with van der Waals surface area (Å²) >= 11 is 0. The SMILES string of the molecule is C=C(P(=O)(OCCC)OCCC)P(=O)(OCCC)OCCC. The first kappa shape index (κ1) is 22.0. The lowest BCUT2D eigenvalue weighted by molar-refractivity contribution is 0.198. The van der Waals surface area contributed by atoms with E-state index in [1.165, 1.54) is 0 Å². The first-order chi connectivity index (χ1) is 10.4. The molecule has 0 aliphatic heterocycles. The Morgan fingerprint density at radius 2 is 0.909 bits per heavy atom. The lowest BCUT2D eigenvalue weighted by Gasteiger charge is -2.25. The normalized spacial score (nSPS) is 12.5. The third-order valence-electron chi connectivity index (χ3n) is 2.49. The maximum atomic E-state index is 12.9. The van der Waals surface area contributed by atoms with Gasteiger partial charge in [-0.3, -0.25) is 9.13 Å². The van der Waals surface area contributed by atoms with Gasteiger partial charge in [0.05, 0.1) is 26.4 Å². The molecule has 0 aliphatic rings. The molecule has 0 fully saturated rings. The van der Waals surface area contributed by atoms with Crippen LogP contribution in [0.2, 0.25) is 0 Å². The van der Waals surface area contributed by atoms with E-state index in [-0.39, 0.29) is 31.5 Å². The summed E-state index contributed by atoms with van der Waals surface area (Å²) < 4.78 is 47.3. The van der Waals surface area contributed by atoms with Crippen molar-refractivity contribution in [2.24, 2.45) is 0 Å². The van der Waals surface area contributed by atoms with Gasteiger partial charge in [0.1, 0.15) is 5.06 Å². The van der Waals surface area contributed by atoms with Gasteiger partial charge in [-0.05, 0) is 25.7 Å². The van der Waals surface area contributed by atoms with Gasteiger partial charge >= 0.3 is 15.2 Å². The fourth-order valence-electron chi connectivity index (χ4n) is 1.37. The Balaban J connectivity index is 5.30. The summed E-state index contributed by atoms with van der Waals surface area (Å²) in [5.41, 5.74) is 0. The Morgan fingerprint density at radius 1 is 0.682 bits per heavy atom. The Bertz CT molecular complexity index is 350. The van der Waals surface area contributed by atoms with Crippen molar-refractivity contribution in [1.82, 2.24) is 0 Å². The highest BCUT2D eigenvalue weighted by molar-refractivity contribution is 7.78. The van der Waals surface area contributed by atoms with Crippen LogP contribution in [-0.2, 0) is 27.2 Å². The van der Waals surface area contributed by atoms with E-state index >= 15 is 0 Å². The Hall–Kier alpha value is 0.0400. The fraction of sp³-hybridized carbons (Fsp3) is 0.857. The first-order valence-electron chi connectivity index (χ1n) is 7.88.